The summed E-state index contributed by atoms with van der Waals surface area (Å²) in [6, 6.07) is 14.3. The highest BCUT2D eigenvalue weighted by Crippen LogP contribution is 2.21. The number of carbonyl (C=O) groups is 1. The molecule has 2 heterocycles. The molecule has 0 saturated heterocycles. The Labute approximate surface area is 157 Å². The maximum absolute atomic E-state index is 13.8. The predicted molar refractivity (Wildman–Crippen MR) is 95.4 cm³/mol. The fourth-order valence-corrected chi connectivity index (χ4v) is 2.61. The van der Waals surface area contributed by atoms with Crippen LogP contribution in [0.1, 0.15) is 0 Å². The van der Waals surface area contributed by atoms with E-state index in [9.17, 15) is 13.6 Å². The van der Waals surface area contributed by atoms with Crippen LogP contribution in [0.4, 0.5) is 14.6 Å². The Morgan fingerprint density at radius 2 is 1.75 bits per heavy atom. The number of benzene rings is 2. The number of hydrogen-bond acceptors (Lipinski definition) is 5. The van der Waals surface area contributed by atoms with E-state index >= 15 is 0 Å². The van der Waals surface area contributed by atoms with Gasteiger partial charge in [-0.2, -0.15) is 9.90 Å². The normalized spacial score (nSPS) is 10.8. The minimum atomic E-state index is -0.809. The standard InChI is InChI=1S/C18H13F2N7O/c19-13-7-4-8-14(20)17(13)18-23-25-26(24-18)11-16(28)22-15-9-10-21-27(15)12-5-2-1-3-6-12/h1-10H,11H2,(H,22,28). The minimum Gasteiger partial charge on any atom is -0.309 e. The van der Waals surface area contributed by atoms with Gasteiger partial charge in [-0.15, -0.1) is 10.2 Å². The number of rotatable bonds is 5. The van der Waals surface area contributed by atoms with E-state index in [0.717, 1.165) is 22.6 Å². The third-order valence-corrected chi connectivity index (χ3v) is 3.84. The molecule has 0 fully saturated rings. The first kappa shape index (κ1) is 17.5. The van der Waals surface area contributed by atoms with Crippen molar-refractivity contribution in [3.8, 4) is 17.1 Å². The molecular formula is C18H13F2N7O. The van der Waals surface area contributed by atoms with Gasteiger partial charge in [-0.05, 0) is 29.5 Å². The Morgan fingerprint density at radius 3 is 2.50 bits per heavy atom. The molecule has 1 amide bonds. The summed E-state index contributed by atoms with van der Waals surface area (Å²) in [4.78, 5) is 13.3. The van der Waals surface area contributed by atoms with E-state index < -0.39 is 23.1 Å². The van der Waals surface area contributed by atoms with Gasteiger partial charge in [-0.25, -0.2) is 13.5 Å². The molecule has 0 aliphatic carbocycles. The minimum absolute atomic E-state index is 0.238. The van der Waals surface area contributed by atoms with Crippen LogP contribution < -0.4 is 5.32 Å². The van der Waals surface area contributed by atoms with Gasteiger partial charge in [0, 0.05) is 6.07 Å². The summed E-state index contributed by atoms with van der Waals surface area (Å²) in [6.45, 7) is -0.289. The second kappa shape index (κ2) is 7.35. The molecule has 1 N–H and O–H groups in total. The van der Waals surface area contributed by atoms with Crippen LogP contribution in [0.5, 0.6) is 0 Å². The van der Waals surface area contributed by atoms with Gasteiger partial charge in [0.1, 0.15) is 24.0 Å². The summed E-state index contributed by atoms with van der Waals surface area (Å²) in [5, 5.41) is 18.1. The SMILES string of the molecule is O=C(Cn1nnc(-c2c(F)cccc2F)n1)Nc1ccnn1-c1ccccc1. The first-order valence-electron chi connectivity index (χ1n) is 8.23. The van der Waals surface area contributed by atoms with Gasteiger partial charge in [0.05, 0.1) is 17.4 Å². The topological polar surface area (TPSA) is 90.5 Å². The highest BCUT2D eigenvalue weighted by molar-refractivity contribution is 5.89. The van der Waals surface area contributed by atoms with E-state index in [1.165, 1.54) is 6.07 Å². The monoisotopic (exact) mass is 381 g/mol. The van der Waals surface area contributed by atoms with Gasteiger partial charge in [-0.1, -0.05) is 24.3 Å². The van der Waals surface area contributed by atoms with Gasteiger partial charge >= 0.3 is 0 Å². The van der Waals surface area contributed by atoms with Crippen molar-refractivity contribution in [2.75, 3.05) is 5.32 Å². The summed E-state index contributed by atoms with van der Waals surface area (Å²) < 4.78 is 29.2. The molecule has 2 aromatic carbocycles. The van der Waals surface area contributed by atoms with Crippen molar-refractivity contribution in [2.24, 2.45) is 0 Å². The van der Waals surface area contributed by atoms with E-state index in [4.69, 9.17) is 0 Å². The Morgan fingerprint density at radius 1 is 1.00 bits per heavy atom. The molecule has 28 heavy (non-hydrogen) atoms. The summed E-state index contributed by atoms with van der Waals surface area (Å²) >= 11 is 0. The van der Waals surface area contributed by atoms with Crippen molar-refractivity contribution in [2.45, 2.75) is 6.54 Å². The summed E-state index contributed by atoms with van der Waals surface area (Å²) in [5.74, 6) is -1.85. The van der Waals surface area contributed by atoms with Crippen LogP contribution in [0.3, 0.4) is 0 Å². The zero-order valence-electron chi connectivity index (χ0n) is 14.3. The van der Waals surface area contributed by atoms with Crippen LogP contribution in [0.15, 0.2) is 60.8 Å². The number of amides is 1. The second-order valence-electron chi connectivity index (χ2n) is 5.75. The maximum Gasteiger partial charge on any atom is 0.249 e. The van der Waals surface area contributed by atoms with Crippen LogP contribution in [-0.4, -0.2) is 35.9 Å². The molecule has 4 rings (SSSR count). The van der Waals surface area contributed by atoms with Crippen molar-refractivity contribution in [3.63, 3.8) is 0 Å². The highest BCUT2D eigenvalue weighted by atomic mass is 19.1. The number of carbonyl (C=O) groups excluding carboxylic acids is 1. The quantitative estimate of drug-likeness (QED) is 0.573. The van der Waals surface area contributed by atoms with Crippen molar-refractivity contribution in [1.29, 1.82) is 0 Å². The summed E-state index contributed by atoms with van der Waals surface area (Å²) in [7, 11) is 0. The number of para-hydroxylation sites is 1. The third-order valence-electron chi connectivity index (χ3n) is 3.84. The molecule has 140 valence electrons. The molecule has 0 bridgehead atoms. The van der Waals surface area contributed by atoms with Gasteiger partial charge in [0.25, 0.3) is 0 Å². The molecule has 4 aromatic rings. The molecule has 0 aliphatic heterocycles. The van der Waals surface area contributed by atoms with Crippen molar-refractivity contribution in [1.82, 2.24) is 30.0 Å². The first-order valence-corrected chi connectivity index (χ1v) is 8.23. The Bertz CT molecular complexity index is 1100. The molecule has 8 nitrogen and oxygen atoms in total. The zero-order valence-corrected chi connectivity index (χ0v) is 14.3. The van der Waals surface area contributed by atoms with Gasteiger partial charge in [0.15, 0.2) is 0 Å². The smallest absolute Gasteiger partial charge is 0.249 e. The van der Waals surface area contributed by atoms with E-state index in [0.29, 0.717) is 5.82 Å². The predicted octanol–water partition coefficient (Wildman–Crippen LogP) is 2.44. The maximum atomic E-state index is 13.8. The van der Waals surface area contributed by atoms with Crippen molar-refractivity contribution >= 4 is 11.7 Å². The van der Waals surface area contributed by atoms with Crippen LogP contribution in [-0.2, 0) is 11.3 Å². The lowest BCUT2D eigenvalue weighted by Gasteiger charge is -2.08. The third kappa shape index (κ3) is 3.47. The Balaban J connectivity index is 1.49. The number of anilines is 1. The second-order valence-corrected chi connectivity index (χ2v) is 5.75. The number of aromatic nitrogens is 6. The number of halogens is 2. The van der Waals surface area contributed by atoms with Gasteiger partial charge in [-0.3, -0.25) is 4.79 Å². The van der Waals surface area contributed by atoms with Crippen LogP contribution in [0, 0.1) is 11.6 Å². The molecule has 10 heteroatoms. The first-order chi connectivity index (χ1) is 13.6. The molecule has 0 atom stereocenters. The van der Waals surface area contributed by atoms with Crippen LogP contribution in [0.2, 0.25) is 0 Å². The molecule has 0 radical (unpaired) electrons. The number of tetrazole rings is 1. The average molecular weight is 381 g/mol. The lowest BCUT2D eigenvalue weighted by molar-refractivity contribution is -0.117. The summed E-state index contributed by atoms with van der Waals surface area (Å²) in [6.07, 6.45) is 1.55. The van der Waals surface area contributed by atoms with Crippen LogP contribution >= 0.6 is 0 Å². The van der Waals surface area contributed by atoms with Gasteiger partial charge in [0.2, 0.25) is 11.7 Å². The highest BCUT2D eigenvalue weighted by Gasteiger charge is 2.17. The lowest BCUT2D eigenvalue weighted by atomic mass is 10.2. The molecule has 0 unspecified atom stereocenters. The van der Waals surface area contributed by atoms with Gasteiger partial charge < -0.3 is 5.32 Å². The number of hydrogen-bond donors (Lipinski definition) is 1. The molecular weight excluding hydrogens is 368 g/mol. The average Bonchev–Trinajstić information content (AvgIpc) is 3.32. The van der Waals surface area contributed by atoms with E-state index in [2.05, 4.69) is 25.8 Å². The van der Waals surface area contributed by atoms with E-state index in [1.54, 1.807) is 16.9 Å². The molecule has 2 aromatic heterocycles. The van der Waals surface area contributed by atoms with Crippen LogP contribution in [0.25, 0.3) is 17.1 Å². The lowest BCUT2D eigenvalue weighted by Crippen LogP contribution is -2.22. The largest absolute Gasteiger partial charge is 0.309 e. The van der Waals surface area contributed by atoms with E-state index in [1.807, 2.05) is 30.3 Å². The zero-order chi connectivity index (χ0) is 19.5. The van der Waals surface area contributed by atoms with Crippen molar-refractivity contribution < 1.29 is 13.6 Å². The van der Waals surface area contributed by atoms with Crippen molar-refractivity contribution in [3.05, 3.63) is 72.4 Å². The summed E-state index contributed by atoms with van der Waals surface area (Å²) in [5.41, 5.74) is 0.385. The Hall–Kier alpha value is -3.95. The number of nitrogens with zero attached hydrogens (tertiary/aromatic N) is 6. The molecule has 0 saturated carbocycles. The molecule has 0 spiro atoms. The fraction of sp³-hybridized carbons (Fsp3) is 0.0556. The van der Waals surface area contributed by atoms with E-state index in [-0.39, 0.29) is 12.4 Å². The Kier molecular flexibility index (Phi) is 4.58. The number of nitrogens with one attached hydrogen (secondary N) is 1. The molecule has 0 aliphatic rings. The fourth-order valence-electron chi connectivity index (χ4n) is 2.61.